The Morgan fingerprint density at radius 1 is 1.23 bits per heavy atom. The van der Waals surface area contributed by atoms with E-state index in [9.17, 15) is 4.79 Å². The molecule has 0 saturated heterocycles. The van der Waals surface area contributed by atoms with E-state index in [-0.39, 0.29) is 5.91 Å². The Balaban J connectivity index is 1.72. The minimum Gasteiger partial charge on any atom is -0.497 e. The highest BCUT2D eigenvalue weighted by Crippen LogP contribution is 2.41. The van der Waals surface area contributed by atoms with E-state index in [0.29, 0.717) is 48.5 Å². The number of amides is 1. The molecule has 154 valence electrons. The van der Waals surface area contributed by atoms with Crippen LogP contribution in [0.1, 0.15) is 5.56 Å². The number of ether oxygens (including phenoxy) is 3. The summed E-state index contributed by atoms with van der Waals surface area (Å²) in [6.45, 7) is 4.92. The molecule has 1 aliphatic rings. The summed E-state index contributed by atoms with van der Waals surface area (Å²) in [6, 6.07) is 9.36. The molecule has 1 aromatic heterocycles. The van der Waals surface area contributed by atoms with E-state index in [0.717, 1.165) is 16.5 Å². The Morgan fingerprint density at radius 3 is 2.70 bits per heavy atom. The molecule has 8 nitrogen and oxygen atoms in total. The monoisotopic (exact) mass is 406 g/mol. The number of hydrogen-bond acceptors (Lipinski definition) is 7. The van der Waals surface area contributed by atoms with Gasteiger partial charge in [-0.05, 0) is 35.9 Å². The molecule has 0 radical (unpaired) electrons. The molecule has 0 fully saturated rings. The molecule has 1 aliphatic heterocycles. The molecule has 30 heavy (non-hydrogen) atoms. The lowest BCUT2D eigenvalue weighted by molar-refractivity contribution is -0.114. The molecular weight excluding hydrogens is 384 g/mol. The molecule has 0 bridgehead atoms. The molecule has 1 amide bonds. The minimum atomic E-state index is -0.172. The largest absolute Gasteiger partial charge is 0.497 e. The SMILES string of the molecule is C=CC(=O)N1CCOc2c1ccc1ncnc(NCc3cc(OC)cc(OC)c3)c21. The van der Waals surface area contributed by atoms with Crippen molar-refractivity contribution in [2.75, 3.05) is 37.6 Å². The van der Waals surface area contributed by atoms with Crippen LogP contribution >= 0.6 is 0 Å². The first-order valence-electron chi connectivity index (χ1n) is 9.45. The van der Waals surface area contributed by atoms with E-state index in [1.54, 1.807) is 19.1 Å². The zero-order valence-electron chi connectivity index (χ0n) is 16.8. The van der Waals surface area contributed by atoms with Crippen LogP contribution in [0.25, 0.3) is 10.9 Å². The number of aromatic nitrogens is 2. The summed E-state index contributed by atoms with van der Waals surface area (Å²) < 4.78 is 16.6. The van der Waals surface area contributed by atoms with E-state index in [4.69, 9.17) is 14.2 Å². The summed E-state index contributed by atoms with van der Waals surface area (Å²) >= 11 is 0. The molecule has 4 rings (SSSR count). The molecule has 0 spiro atoms. The molecule has 0 unspecified atom stereocenters. The van der Waals surface area contributed by atoms with Crippen molar-refractivity contribution in [3.63, 3.8) is 0 Å². The van der Waals surface area contributed by atoms with Crippen molar-refractivity contribution in [3.8, 4) is 17.2 Å². The van der Waals surface area contributed by atoms with E-state index in [1.807, 2.05) is 30.3 Å². The van der Waals surface area contributed by atoms with E-state index >= 15 is 0 Å². The van der Waals surface area contributed by atoms with Crippen molar-refractivity contribution in [2.45, 2.75) is 6.54 Å². The number of carbonyl (C=O) groups is 1. The third-order valence-corrected chi connectivity index (χ3v) is 4.90. The van der Waals surface area contributed by atoms with Gasteiger partial charge in [-0.15, -0.1) is 0 Å². The quantitative estimate of drug-likeness (QED) is 0.629. The van der Waals surface area contributed by atoms with Crippen LogP contribution in [0.4, 0.5) is 11.5 Å². The number of methoxy groups -OCH3 is 2. The first-order valence-corrected chi connectivity index (χ1v) is 9.45. The molecule has 2 aromatic carbocycles. The smallest absolute Gasteiger partial charge is 0.250 e. The summed E-state index contributed by atoms with van der Waals surface area (Å²) in [5, 5.41) is 4.08. The normalized spacial score (nSPS) is 12.7. The average molecular weight is 406 g/mol. The minimum absolute atomic E-state index is 0.172. The number of carbonyl (C=O) groups excluding carboxylic acids is 1. The van der Waals surface area contributed by atoms with Crippen molar-refractivity contribution < 1.29 is 19.0 Å². The van der Waals surface area contributed by atoms with Gasteiger partial charge < -0.3 is 24.4 Å². The Bertz CT molecular complexity index is 1090. The van der Waals surface area contributed by atoms with Crippen LogP contribution in [0.15, 0.2) is 49.3 Å². The van der Waals surface area contributed by atoms with Gasteiger partial charge in [-0.1, -0.05) is 6.58 Å². The van der Waals surface area contributed by atoms with Crippen molar-refractivity contribution in [3.05, 3.63) is 54.9 Å². The molecular formula is C22H22N4O4. The number of rotatable bonds is 6. The van der Waals surface area contributed by atoms with Crippen LogP contribution in [0.2, 0.25) is 0 Å². The highest BCUT2D eigenvalue weighted by molar-refractivity contribution is 6.07. The molecule has 0 atom stereocenters. The van der Waals surface area contributed by atoms with Crippen molar-refractivity contribution >= 4 is 28.3 Å². The Labute approximate surface area is 174 Å². The Kier molecular flexibility index (Phi) is 5.38. The van der Waals surface area contributed by atoms with E-state index in [1.165, 1.54) is 12.4 Å². The zero-order valence-corrected chi connectivity index (χ0v) is 16.8. The second kappa shape index (κ2) is 8.28. The van der Waals surface area contributed by atoms with Gasteiger partial charge in [0.05, 0.1) is 37.4 Å². The highest BCUT2D eigenvalue weighted by atomic mass is 16.5. The van der Waals surface area contributed by atoms with Crippen molar-refractivity contribution in [1.29, 1.82) is 0 Å². The van der Waals surface area contributed by atoms with Gasteiger partial charge in [0.1, 0.15) is 30.3 Å². The van der Waals surface area contributed by atoms with Crippen LogP contribution in [-0.2, 0) is 11.3 Å². The summed E-state index contributed by atoms with van der Waals surface area (Å²) in [6.07, 6.45) is 2.80. The summed E-state index contributed by atoms with van der Waals surface area (Å²) in [5.74, 6) is 2.44. The Hall–Kier alpha value is -3.81. The predicted octanol–water partition coefficient (Wildman–Crippen LogP) is 3.17. The summed E-state index contributed by atoms with van der Waals surface area (Å²) in [4.78, 5) is 22.7. The Morgan fingerprint density at radius 2 is 2.00 bits per heavy atom. The second-order valence-corrected chi connectivity index (χ2v) is 6.65. The average Bonchev–Trinajstić information content (AvgIpc) is 2.81. The number of fused-ring (bicyclic) bond motifs is 3. The number of anilines is 2. The molecule has 1 N–H and O–H groups in total. The predicted molar refractivity (Wildman–Crippen MR) is 114 cm³/mol. The van der Waals surface area contributed by atoms with Crippen molar-refractivity contribution in [1.82, 2.24) is 9.97 Å². The maximum atomic E-state index is 12.3. The molecule has 8 heteroatoms. The molecule has 3 aromatic rings. The van der Waals surface area contributed by atoms with Crippen LogP contribution in [0.5, 0.6) is 17.2 Å². The van der Waals surface area contributed by atoms with Crippen molar-refractivity contribution in [2.24, 2.45) is 0 Å². The second-order valence-electron chi connectivity index (χ2n) is 6.65. The number of hydrogen-bond donors (Lipinski definition) is 1. The zero-order chi connectivity index (χ0) is 21.1. The van der Waals surface area contributed by atoms with E-state index in [2.05, 4.69) is 21.9 Å². The van der Waals surface area contributed by atoms with Gasteiger partial charge in [0, 0.05) is 12.6 Å². The third-order valence-electron chi connectivity index (χ3n) is 4.90. The number of nitrogens with one attached hydrogen (secondary N) is 1. The first-order chi connectivity index (χ1) is 14.6. The van der Waals surface area contributed by atoms with Crippen LogP contribution in [0.3, 0.4) is 0 Å². The van der Waals surface area contributed by atoms with Gasteiger partial charge in [-0.3, -0.25) is 4.79 Å². The fourth-order valence-corrected chi connectivity index (χ4v) is 3.46. The van der Waals surface area contributed by atoms with Gasteiger partial charge >= 0.3 is 0 Å². The maximum Gasteiger partial charge on any atom is 0.250 e. The fraction of sp³-hybridized carbons (Fsp3) is 0.227. The fourth-order valence-electron chi connectivity index (χ4n) is 3.46. The van der Waals surface area contributed by atoms with E-state index < -0.39 is 0 Å². The third kappa shape index (κ3) is 3.59. The molecule has 0 saturated carbocycles. The van der Waals surface area contributed by atoms with Gasteiger partial charge in [-0.25, -0.2) is 9.97 Å². The summed E-state index contributed by atoms with van der Waals surface area (Å²) in [7, 11) is 3.23. The maximum absolute atomic E-state index is 12.3. The van der Waals surface area contributed by atoms with Gasteiger partial charge in [-0.2, -0.15) is 0 Å². The van der Waals surface area contributed by atoms with Gasteiger partial charge in [0.15, 0.2) is 5.75 Å². The lowest BCUT2D eigenvalue weighted by atomic mass is 10.1. The highest BCUT2D eigenvalue weighted by Gasteiger charge is 2.25. The lowest BCUT2D eigenvalue weighted by Crippen LogP contribution is -2.36. The number of benzene rings is 2. The standard InChI is InChI=1S/C22H22N4O4/c1-4-19(27)26-7-8-30-21-18(26)6-5-17-20(21)22(25-13-24-17)23-12-14-9-15(28-2)11-16(10-14)29-3/h4-6,9-11,13H,1,7-8,12H2,2-3H3,(H,23,24,25). The van der Waals surface area contributed by atoms with Crippen LogP contribution in [0, 0.1) is 0 Å². The van der Waals surface area contributed by atoms with Gasteiger partial charge in [0.25, 0.3) is 5.91 Å². The van der Waals surface area contributed by atoms with Gasteiger partial charge in [0.2, 0.25) is 0 Å². The van der Waals surface area contributed by atoms with Crippen LogP contribution in [-0.4, -0.2) is 43.2 Å². The molecule has 0 aliphatic carbocycles. The topological polar surface area (TPSA) is 85.8 Å². The lowest BCUT2D eigenvalue weighted by Gasteiger charge is -2.29. The molecule has 2 heterocycles. The van der Waals surface area contributed by atoms with Crippen LogP contribution < -0.4 is 24.4 Å². The number of nitrogens with zero attached hydrogens (tertiary/aromatic N) is 3. The summed E-state index contributed by atoms with van der Waals surface area (Å²) in [5.41, 5.74) is 2.37. The first kappa shape index (κ1) is 19.5.